The van der Waals surface area contributed by atoms with E-state index in [2.05, 4.69) is 26.1 Å². The van der Waals surface area contributed by atoms with Gasteiger partial charge in [-0.05, 0) is 55.7 Å². The minimum Gasteiger partial charge on any atom is -0.381 e. The minimum absolute atomic E-state index is 0.218. The van der Waals surface area contributed by atoms with Crippen molar-refractivity contribution in [3.8, 4) is 0 Å². The normalized spacial score (nSPS) is 30.7. The highest BCUT2D eigenvalue weighted by atomic mass is 19.4. The number of hydrogen-bond acceptors (Lipinski definition) is 4. The molecule has 4 atom stereocenters. The molecule has 0 aromatic heterocycles. The average Bonchev–Trinajstić information content (AvgIpc) is 3.25. The number of nitrogens with zero attached hydrogens (tertiary/aromatic N) is 2. The molecule has 1 aromatic rings. The molecule has 2 aliphatic heterocycles. The van der Waals surface area contributed by atoms with Crippen LogP contribution in [0, 0.1) is 17.3 Å². The van der Waals surface area contributed by atoms with Gasteiger partial charge < -0.3 is 19.9 Å². The van der Waals surface area contributed by atoms with Gasteiger partial charge in [-0.15, -0.1) is 0 Å². The van der Waals surface area contributed by atoms with Crippen LogP contribution in [0.3, 0.4) is 0 Å². The van der Waals surface area contributed by atoms with E-state index in [0.29, 0.717) is 49.9 Å². The van der Waals surface area contributed by atoms with E-state index in [1.165, 1.54) is 12.1 Å². The summed E-state index contributed by atoms with van der Waals surface area (Å²) in [5.74, 6) is 0.929. The molecule has 2 unspecified atom stereocenters. The van der Waals surface area contributed by atoms with E-state index in [1.807, 2.05) is 9.80 Å². The number of amides is 1. The summed E-state index contributed by atoms with van der Waals surface area (Å²) in [6.45, 7) is 10.3. The molecule has 3 fully saturated rings. The maximum absolute atomic E-state index is 13.8. The van der Waals surface area contributed by atoms with Gasteiger partial charge in [0.2, 0.25) is 5.91 Å². The predicted molar refractivity (Wildman–Crippen MR) is 127 cm³/mol. The maximum Gasteiger partial charge on any atom is 0.416 e. The molecule has 1 aromatic carbocycles. The Bertz CT molecular complexity index is 854. The Balaban J connectivity index is 1.38. The zero-order chi connectivity index (χ0) is 24.5. The first-order valence-electron chi connectivity index (χ1n) is 12.7. The summed E-state index contributed by atoms with van der Waals surface area (Å²) in [5.41, 5.74) is -0.438. The molecule has 0 radical (unpaired) electrons. The van der Waals surface area contributed by atoms with Crippen LogP contribution >= 0.6 is 0 Å². The fraction of sp³-hybridized carbons (Fsp3) is 0.731. The number of carbonyl (C=O) groups excluding carboxylic acids is 1. The smallest absolute Gasteiger partial charge is 0.381 e. The van der Waals surface area contributed by atoms with Crippen LogP contribution in [0.5, 0.6) is 0 Å². The number of nitrogens with one attached hydrogen (secondary N) is 1. The van der Waals surface area contributed by atoms with E-state index in [0.717, 1.165) is 45.0 Å². The monoisotopic (exact) mass is 481 g/mol. The Morgan fingerprint density at radius 1 is 1.18 bits per heavy atom. The lowest BCUT2D eigenvalue weighted by molar-refractivity contribution is -0.145. The number of piperazine rings is 1. The van der Waals surface area contributed by atoms with Gasteiger partial charge in [-0.2, -0.15) is 13.2 Å². The maximum atomic E-state index is 13.8. The van der Waals surface area contributed by atoms with E-state index in [9.17, 15) is 18.0 Å². The van der Waals surface area contributed by atoms with Crippen molar-refractivity contribution >= 4 is 11.6 Å². The summed E-state index contributed by atoms with van der Waals surface area (Å²) >= 11 is 0. The summed E-state index contributed by atoms with van der Waals surface area (Å²) in [5, 5.41) is 3.83. The first kappa shape index (κ1) is 25.3. The lowest BCUT2D eigenvalue weighted by atomic mass is 9.74. The third-order valence-electron chi connectivity index (χ3n) is 8.28. The summed E-state index contributed by atoms with van der Waals surface area (Å²) in [6, 6.07) is 6.25. The molecule has 5 nitrogen and oxygen atoms in total. The van der Waals surface area contributed by atoms with Crippen LogP contribution in [0.25, 0.3) is 0 Å². The zero-order valence-electron chi connectivity index (χ0n) is 20.5. The standard InChI is InChI=1S/C26H38F3N3O2/c1-18(2)25(9-7-21(16-25)30-23-8-14-34-17-19(23)3)24(33)32-12-10-31(11-13-32)22-6-4-5-20(15-22)26(27,28)29/h4-6,15,18-19,21,23,30H,7-14,16-17H2,1-3H3/t19?,21-,23?,25+/m1/s1. The van der Waals surface area contributed by atoms with E-state index in [1.54, 1.807) is 6.07 Å². The average molecular weight is 482 g/mol. The van der Waals surface area contributed by atoms with Gasteiger partial charge in [0.1, 0.15) is 0 Å². The van der Waals surface area contributed by atoms with Gasteiger partial charge in [-0.1, -0.05) is 26.8 Å². The first-order chi connectivity index (χ1) is 16.1. The highest BCUT2D eigenvalue weighted by Crippen LogP contribution is 2.46. The van der Waals surface area contributed by atoms with Gasteiger partial charge in [0.05, 0.1) is 17.6 Å². The second-order valence-electron chi connectivity index (χ2n) is 10.7. The number of benzene rings is 1. The van der Waals surface area contributed by atoms with Crippen LogP contribution in [0.15, 0.2) is 24.3 Å². The zero-order valence-corrected chi connectivity index (χ0v) is 20.5. The van der Waals surface area contributed by atoms with Gasteiger partial charge in [-0.3, -0.25) is 4.79 Å². The molecule has 1 saturated carbocycles. The van der Waals surface area contributed by atoms with Crippen molar-refractivity contribution in [1.29, 1.82) is 0 Å². The number of ether oxygens (including phenoxy) is 1. The lowest BCUT2D eigenvalue weighted by Gasteiger charge is -2.42. The Kier molecular flexibility index (Phi) is 7.48. The van der Waals surface area contributed by atoms with Crippen molar-refractivity contribution in [2.24, 2.45) is 17.3 Å². The van der Waals surface area contributed by atoms with Crippen LogP contribution in [-0.2, 0) is 15.7 Å². The molecule has 2 heterocycles. The molecule has 1 aliphatic carbocycles. The summed E-state index contributed by atoms with van der Waals surface area (Å²) in [6.07, 6.45) is -0.614. The number of alkyl halides is 3. The van der Waals surface area contributed by atoms with Gasteiger partial charge in [0, 0.05) is 50.6 Å². The third-order valence-corrected chi connectivity index (χ3v) is 8.28. The number of hydrogen-bond donors (Lipinski definition) is 1. The summed E-state index contributed by atoms with van der Waals surface area (Å²) in [7, 11) is 0. The molecular formula is C26H38F3N3O2. The van der Waals surface area contributed by atoms with Crippen LogP contribution in [0.1, 0.15) is 52.0 Å². The fourth-order valence-electron chi connectivity index (χ4n) is 5.98. The topological polar surface area (TPSA) is 44.8 Å². The van der Waals surface area contributed by atoms with Crippen LogP contribution < -0.4 is 10.2 Å². The van der Waals surface area contributed by atoms with Crippen molar-refractivity contribution in [2.75, 3.05) is 44.3 Å². The molecule has 2 saturated heterocycles. The third kappa shape index (κ3) is 5.23. The van der Waals surface area contributed by atoms with Gasteiger partial charge in [0.25, 0.3) is 0 Å². The molecule has 3 aliphatic rings. The highest BCUT2D eigenvalue weighted by molar-refractivity contribution is 5.84. The van der Waals surface area contributed by atoms with E-state index in [-0.39, 0.29) is 17.2 Å². The van der Waals surface area contributed by atoms with Crippen molar-refractivity contribution in [2.45, 2.75) is 64.7 Å². The first-order valence-corrected chi connectivity index (χ1v) is 12.7. The molecule has 8 heteroatoms. The van der Waals surface area contributed by atoms with Crippen molar-refractivity contribution in [1.82, 2.24) is 10.2 Å². The Morgan fingerprint density at radius 3 is 2.56 bits per heavy atom. The molecule has 0 spiro atoms. The van der Waals surface area contributed by atoms with Crippen molar-refractivity contribution < 1.29 is 22.7 Å². The Morgan fingerprint density at radius 2 is 1.91 bits per heavy atom. The molecular weight excluding hydrogens is 443 g/mol. The quantitative estimate of drug-likeness (QED) is 0.670. The molecule has 190 valence electrons. The molecule has 4 rings (SSSR count). The van der Waals surface area contributed by atoms with Crippen LogP contribution in [0.4, 0.5) is 18.9 Å². The highest BCUT2D eigenvalue weighted by Gasteiger charge is 2.50. The molecule has 1 N–H and O–H groups in total. The largest absolute Gasteiger partial charge is 0.416 e. The summed E-state index contributed by atoms with van der Waals surface area (Å²) < 4.78 is 44.9. The summed E-state index contributed by atoms with van der Waals surface area (Å²) in [4.78, 5) is 17.7. The fourth-order valence-corrected chi connectivity index (χ4v) is 5.98. The van der Waals surface area contributed by atoms with Crippen molar-refractivity contribution in [3.05, 3.63) is 29.8 Å². The lowest BCUT2D eigenvalue weighted by Crippen LogP contribution is -2.54. The Hall–Kier alpha value is -1.80. The predicted octanol–water partition coefficient (Wildman–Crippen LogP) is 4.56. The van der Waals surface area contributed by atoms with Gasteiger partial charge >= 0.3 is 6.18 Å². The molecule has 34 heavy (non-hydrogen) atoms. The Labute approximate surface area is 201 Å². The van der Waals surface area contributed by atoms with Gasteiger partial charge in [0.15, 0.2) is 0 Å². The minimum atomic E-state index is -4.35. The second kappa shape index (κ2) is 10.1. The number of halogens is 3. The number of rotatable bonds is 5. The van der Waals surface area contributed by atoms with Gasteiger partial charge in [-0.25, -0.2) is 0 Å². The number of anilines is 1. The molecule has 0 bridgehead atoms. The molecule has 1 amide bonds. The van der Waals surface area contributed by atoms with E-state index >= 15 is 0 Å². The van der Waals surface area contributed by atoms with E-state index < -0.39 is 11.7 Å². The number of carbonyl (C=O) groups is 1. The van der Waals surface area contributed by atoms with Crippen molar-refractivity contribution in [3.63, 3.8) is 0 Å². The SMILES string of the molecule is CC1COCCC1N[C@@H]1CC[C@@](C(=O)N2CCN(c3cccc(C(F)(F)F)c3)CC2)(C(C)C)C1. The van der Waals surface area contributed by atoms with E-state index in [4.69, 9.17) is 4.74 Å². The van der Waals surface area contributed by atoms with Crippen LogP contribution in [-0.4, -0.2) is 62.3 Å². The van der Waals surface area contributed by atoms with Crippen LogP contribution in [0.2, 0.25) is 0 Å². The second-order valence-corrected chi connectivity index (χ2v) is 10.7.